The van der Waals surface area contributed by atoms with E-state index in [0.29, 0.717) is 37.3 Å². The molecule has 0 atom stereocenters. The Morgan fingerprint density at radius 1 is 1.06 bits per heavy atom. The van der Waals surface area contributed by atoms with Gasteiger partial charge in [0.1, 0.15) is 10.6 Å². The molecule has 4 rings (SSSR count). The molecular formula is C24H18Cl2N2O3S. The molecule has 2 aromatic carbocycles. The summed E-state index contributed by atoms with van der Waals surface area (Å²) in [5, 5.41) is 0.792. The van der Waals surface area contributed by atoms with E-state index in [1.54, 1.807) is 38.4 Å². The number of aryl methyl sites for hydroxylation is 1. The molecule has 32 heavy (non-hydrogen) atoms. The fraction of sp³-hybridized carbons (Fsp3) is 0.167. The van der Waals surface area contributed by atoms with Crippen LogP contribution in [-0.2, 0) is 13.0 Å². The van der Waals surface area contributed by atoms with Crippen molar-refractivity contribution in [3.8, 4) is 17.6 Å². The molecule has 0 saturated heterocycles. The highest BCUT2D eigenvalue weighted by molar-refractivity contribution is 7.18. The Morgan fingerprint density at radius 3 is 2.62 bits per heavy atom. The lowest BCUT2D eigenvalue weighted by atomic mass is 10.1. The fourth-order valence-corrected chi connectivity index (χ4v) is 4.58. The number of rotatable bonds is 4. The van der Waals surface area contributed by atoms with Gasteiger partial charge in [-0.05, 0) is 42.3 Å². The lowest BCUT2D eigenvalue weighted by Gasteiger charge is -2.08. The average Bonchev–Trinajstić information content (AvgIpc) is 3.22. The molecule has 0 amide bonds. The monoisotopic (exact) mass is 484 g/mol. The van der Waals surface area contributed by atoms with Gasteiger partial charge in [-0.2, -0.15) is 0 Å². The van der Waals surface area contributed by atoms with Gasteiger partial charge in [0, 0.05) is 18.2 Å². The van der Waals surface area contributed by atoms with Crippen LogP contribution in [0.2, 0.25) is 10.0 Å². The summed E-state index contributed by atoms with van der Waals surface area (Å²) >= 11 is 13.4. The fourth-order valence-electron chi connectivity index (χ4n) is 3.30. The number of methoxy groups -OCH3 is 1. The molecule has 0 unspecified atom stereocenters. The van der Waals surface area contributed by atoms with E-state index in [-0.39, 0.29) is 12.1 Å². The molecule has 8 heteroatoms. The molecule has 0 aliphatic heterocycles. The highest BCUT2D eigenvalue weighted by Crippen LogP contribution is 2.23. The Kier molecular flexibility index (Phi) is 6.43. The van der Waals surface area contributed by atoms with Crippen LogP contribution >= 0.6 is 34.5 Å². The van der Waals surface area contributed by atoms with E-state index >= 15 is 0 Å². The SMILES string of the molecule is COc1cccc(CC#Cc2cn3c(=O)n(Cc4ccc(Cl)c(Cl)c4)c(=O)c(C)c3s2)c1. The minimum atomic E-state index is -0.418. The minimum absolute atomic E-state index is 0.102. The summed E-state index contributed by atoms with van der Waals surface area (Å²) in [4.78, 5) is 27.2. The lowest BCUT2D eigenvalue weighted by molar-refractivity contribution is 0.414. The van der Waals surface area contributed by atoms with E-state index in [0.717, 1.165) is 11.3 Å². The molecule has 162 valence electrons. The maximum atomic E-state index is 13.0. The molecule has 0 radical (unpaired) electrons. The Labute approximate surface area is 198 Å². The number of hydrogen-bond donors (Lipinski definition) is 0. The molecular weight excluding hydrogens is 467 g/mol. The summed E-state index contributed by atoms with van der Waals surface area (Å²) < 4.78 is 7.91. The minimum Gasteiger partial charge on any atom is -0.497 e. The molecule has 0 spiro atoms. The maximum absolute atomic E-state index is 13.0. The molecule has 2 heterocycles. The predicted octanol–water partition coefficient (Wildman–Crippen LogP) is 4.79. The zero-order chi connectivity index (χ0) is 22.8. The van der Waals surface area contributed by atoms with Gasteiger partial charge in [0.25, 0.3) is 5.56 Å². The number of ether oxygens (including phenoxy) is 1. The number of fused-ring (bicyclic) bond motifs is 1. The zero-order valence-corrected chi connectivity index (χ0v) is 19.6. The average molecular weight is 485 g/mol. The summed E-state index contributed by atoms with van der Waals surface area (Å²) in [6.07, 6.45) is 2.22. The Morgan fingerprint density at radius 2 is 1.88 bits per heavy atom. The number of aromatic nitrogens is 2. The molecule has 0 fully saturated rings. The van der Waals surface area contributed by atoms with Crippen LogP contribution in [0.25, 0.3) is 4.83 Å². The predicted molar refractivity (Wildman–Crippen MR) is 130 cm³/mol. The molecule has 0 N–H and O–H groups in total. The molecule has 0 aliphatic carbocycles. The van der Waals surface area contributed by atoms with Gasteiger partial charge < -0.3 is 4.74 Å². The van der Waals surface area contributed by atoms with Crippen molar-refractivity contribution in [3.63, 3.8) is 0 Å². The van der Waals surface area contributed by atoms with Crippen molar-refractivity contribution in [2.24, 2.45) is 0 Å². The van der Waals surface area contributed by atoms with Crippen LogP contribution in [0.4, 0.5) is 0 Å². The van der Waals surface area contributed by atoms with Crippen LogP contribution in [0.5, 0.6) is 5.75 Å². The first-order chi connectivity index (χ1) is 15.4. The third kappa shape index (κ3) is 4.46. The molecule has 0 bridgehead atoms. The van der Waals surface area contributed by atoms with E-state index in [2.05, 4.69) is 11.8 Å². The first kappa shape index (κ1) is 22.2. The standard InChI is InChI=1S/C24H18Cl2N2O3S/c1-15-22(29)27(13-17-9-10-20(25)21(26)12-17)24(30)28-14-19(32-23(15)28)8-4-6-16-5-3-7-18(11-16)31-2/h3,5,7,9-12,14H,6,13H2,1-2H3. The van der Waals surface area contributed by atoms with Crippen molar-refractivity contribution >= 4 is 39.4 Å². The second-order valence-corrected chi connectivity index (χ2v) is 8.99. The first-order valence-corrected chi connectivity index (χ1v) is 11.3. The third-order valence-electron chi connectivity index (χ3n) is 4.96. The van der Waals surface area contributed by atoms with E-state index < -0.39 is 5.69 Å². The van der Waals surface area contributed by atoms with Crippen LogP contribution in [0.15, 0.2) is 58.3 Å². The summed E-state index contributed by atoms with van der Waals surface area (Å²) in [6, 6.07) is 12.8. The summed E-state index contributed by atoms with van der Waals surface area (Å²) in [6.45, 7) is 1.82. The van der Waals surface area contributed by atoms with Crippen molar-refractivity contribution in [1.29, 1.82) is 0 Å². The van der Waals surface area contributed by atoms with Gasteiger partial charge in [-0.15, -0.1) is 11.3 Å². The van der Waals surface area contributed by atoms with Crippen molar-refractivity contribution < 1.29 is 4.74 Å². The van der Waals surface area contributed by atoms with Crippen molar-refractivity contribution in [2.75, 3.05) is 7.11 Å². The summed E-state index contributed by atoms with van der Waals surface area (Å²) in [5.41, 5.74) is 1.49. The van der Waals surface area contributed by atoms with Gasteiger partial charge >= 0.3 is 5.69 Å². The van der Waals surface area contributed by atoms with Gasteiger partial charge in [0.05, 0.1) is 28.6 Å². The highest BCUT2D eigenvalue weighted by Gasteiger charge is 2.14. The summed E-state index contributed by atoms with van der Waals surface area (Å²) in [5.74, 6) is 7.01. The Balaban J connectivity index is 1.68. The van der Waals surface area contributed by atoms with Crippen LogP contribution in [0.1, 0.15) is 21.6 Å². The van der Waals surface area contributed by atoms with Crippen LogP contribution in [-0.4, -0.2) is 16.1 Å². The Bertz CT molecular complexity index is 1510. The van der Waals surface area contributed by atoms with E-state index in [4.69, 9.17) is 27.9 Å². The van der Waals surface area contributed by atoms with Gasteiger partial charge in [-0.1, -0.05) is 53.2 Å². The van der Waals surface area contributed by atoms with Crippen LogP contribution in [0.3, 0.4) is 0 Å². The van der Waals surface area contributed by atoms with Crippen LogP contribution in [0, 0.1) is 18.8 Å². The second kappa shape index (κ2) is 9.25. The quantitative estimate of drug-likeness (QED) is 0.391. The largest absolute Gasteiger partial charge is 0.497 e. The van der Waals surface area contributed by atoms with E-state index in [1.807, 2.05) is 24.3 Å². The molecule has 5 nitrogen and oxygen atoms in total. The van der Waals surface area contributed by atoms with E-state index in [9.17, 15) is 9.59 Å². The topological polar surface area (TPSA) is 52.7 Å². The molecule has 2 aromatic heterocycles. The molecule has 4 aromatic rings. The van der Waals surface area contributed by atoms with E-state index in [1.165, 1.54) is 20.3 Å². The number of hydrogen-bond acceptors (Lipinski definition) is 4. The second-order valence-electron chi connectivity index (χ2n) is 7.15. The smallest absolute Gasteiger partial charge is 0.336 e. The maximum Gasteiger partial charge on any atom is 0.336 e. The summed E-state index contributed by atoms with van der Waals surface area (Å²) in [7, 11) is 1.63. The zero-order valence-electron chi connectivity index (χ0n) is 17.3. The van der Waals surface area contributed by atoms with Gasteiger partial charge in [0.15, 0.2) is 0 Å². The van der Waals surface area contributed by atoms with Gasteiger partial charge in [-0.25, -0.2) is 4.79 Å². The molecule has 0 saturated carbocycles. The van der Waals surface area contributed by atoms with Crippen molar-refractivity contribution in [1.82, 2.24) is 8.97 Å². The van der Waals surface area contributed by atoms with Crippen molar-refractivity contribution in [2.45, 2.75) is 19.9 Å². The third-order valence-corrected chi connectivity index (χ3v) is 6.82. The van der Waals surface area contributed by atoms with Gasteiger partial charge in [0.2, 0.25) is 0 Å². The van der Waals surface area contributed by atoms with Crippen molar-refractivity contribution in [3.05, 3.63) is 101 Å². The lowest BCUT2D eigenvalue weighted by Crippen LogP contribution is -2.38. The number of thiazole rings is 1. The van der Waals surface area contributed by atoms with Gasteiger partial charge in [-0.3, -0.25) is 13.8 Å². The number of benzene rings is 2. The molecule has 0 aliphatic rings. The number of nitrogens with zero attached hydrogens (tertiary/aromatic N) is 2. The first-order valence-electron chi connectivity index (χ1n) is 9.68. The Hall–Kier alpha value is -2.98. The number of halogens is 2. The van der Waals surface area contributed by atoms with Crippen LogP contribution < -0.4 is 16.0 Å². The highest BCUT2D eigenvalue weighted by atomic mass is 35.5. The normalized spacial score (nSPS) is 10.8.